The highest BCUT2D eigenvalue weighted by atomic mass is 16.2. The molecule has 8 nitrogen and oxygen atoms in total. The molecule has 2 amide bonds. The molecule has 2 aromatic heterocycles. The Morgan fingerprint density at radius 1 is 1.03 bits per heavy atom. The molecule has 5 rings (SSSR count). The predicted molar refractivity (Wildman–Crippen MR) is 129 cm³/mol. The molecule has 0 aliphatic carbocycles. The number of benzene rings is 1. The van der Waals surface area contributed by atoms with Crippen LogP contribution in [0.4, 0.5) is 0 Å². The van der Waals surface area contributed by atoms with Gasteiger partial charge < -0.3 is 10.2 Å². The van der Waals surface area contributed by atoms with Gasteiger partial charge in [-0.2, -0.15) is 5.10 Å². The lowest BCUT2D eigenvalue weighted by atomic mass is 9.95. The normalized spacial score (nSPS) is 19.3. The third kappa shape index (κ3) is 5.17. The standard InChI is InChI=1S/C26H30N6O2/c33-25(28-22-10-12-31(18-22)17-19-5-2-1-3-6-19)20-8-13-32(14-9-20)26(34)24-15-23(29-30-24)21-7-4-11-27-16-21/h1-7,11,15-16,20,22H,8-10,12-14,17-18H2,(H,28,33)(H,29,30)/t22-/m0/s1. The zero-order valence-corrected chi connectivity index (χ0v) is 19.2. The summed E-state index contributed by atoms with van der Waals surface area (Å²) < 4.78 is 0. The van der Waals surface area contributed by atoms with Gasteiger partial charge in [0.2, 0.25) is 5.91 Å². The summed E-state index contributed by atoms with van der Waals surface area (Å²) in [5, 5.41) is 10.4. The van der Waals surface area contributed by atoms with Crippen LogP contribution in [0.15, 0.2) is 60.9 Å². The monoisotopic (exact) mass is 458 g/mol. The molecule has 0 spiro atoms. The van der Waals surface area contributed by atoms with E-state index in [1.807, 2.05) is 18.2 Å². The first-order chi connectivity index (χ1) is 16.7. The smallest absolute Gasteiger partial charge is 0.274 e. The third-order valence-corrected chi connectivity index (χ3v) is 6.79. The number of likely N-dealkylation sites (tertiary alicyclic amines) is 2. The molecule has 2 aliphatic heterocycles. The van der Waals surface area contributed by atoms with Crippen LogP contribution in [-0.4, -0.2) is 69.0 Å². The van der Waals surface area contributed by atoms with E-state index in [2.05, 4.69) is 49.7 Å². The summed E-state index contributed by atoms with van der Waals surface area (Å²) >= 11 is 0. The second-order valence-corrected chi connectivity index (χ2v) is 9.19. The SMILES string of the molecule is O=C(N[C@H]1CCN(Cc2ccccc2)C1)C1CCN(C(=O)c2cc(-c3cccnc3)[nH]n2)CC1. The van der Waals surface area contributed by atoms with E-state index in [0.717, 1.165) is 37.3 Å². The number of H-pyrrole nitrogens is 1. The average Bonchev–Trinajstić information content (AvgIpc) is 3.55. The molecular formula is C26H30N6O2. The van der Waals surface area contributed by atoms with Gasteiger partial charge in [0.15, 0.2) is 5.69 Å². The highest BCUT2D eigenvalue weighted by molar-refractivity contribution is 5.93. The van der Waals surface area contributed by atoms with Crippen LogP contribution in [0.2, 0.25) is 0 Å². The van der Waals surface area contributed by atoms with Gasteiger partial charge in [-0.05, 0) is 43.0 Å². The van der Waals surface area contributed by atoms with Crippen molar-refractivity contribution < 1.29 is 9.59 Å². The molecule has 4 heterocycles. The van der Waals surface area contributed by atoms with Gasteiger partial charge in [0.25, 0.3) is 5.91 Å². The lowest BCUT2D eigenvalue weighted by Crippen LogP contribution is -2.46. The molecule has 2 N–H and O–H groups in total. The first kappa shape index (κ1) is 22.3. The molecule has 0 radical (unpaired) electrons. The minimum absolute atomic E-state index is 0.0441. The maximum atomic E-state index is 12.9. The van der Waals surface area contributed by atoms with E-state index in [1.54, 1.807) is 23.4 Å². The third-order valence-electron chi connectivity index (χ3n) is 6.79. The van der Waals surface area contributed by atoms with Gasteiger partial charge in [-0.25, -0.2) is 0 Å². The van der Waals surface area contributed by atoms with Crippen LogP contribution < -0.4 is 5.32 Å². The van der Waals surface area contributed by atoms with Crippen LogP contribution in [0, 0.1) is 5.92 Å². The summed E-state index contributed by atoms with van der Waals surface area (Å²) in [5.41, 5.74) is 3.35. The van der Waals surface area contributed by atoms with Gasteiger partial charge in [-0.15, -0.1) is 0 Å². The Kier molecular flexibility index (Phi) is 6.67. The summed E-state index contributed by atoms with van der Waals surface area (Å²) in [6.07, 6.45) is 5.78. The maximum Gasteiger partial charge on any atom is 0.274 e. The number of hydrogen-bond donors (Lipinski definition) is 2. The predicted octanol–water partition coefficient (Wildman–Crippen LogP) is 2.71. The van der Waals surface area contributed by atoms with Crippen LogP contribution in [-0.2, 0) is 11.3 Å². The first-order valence-corrected chi connectivity index (χ1v) is 12.0. The number of carbonyl (C=O) groups is 2. The number of nitrogens with zero attached hydrogens (tertiary/aromatic N) is 4. The van der Waals surface area contributed by atoms with E-state index >= 15 is 0 Å². The fourth-order valence-electron chi connectivity index (χ4n) is 4.86. The minimum Gasteiger partial charge on any atom is -0.352 e. The van der Waals surface area contributed by atoms with E-state index in [9.17, 15) is 9.59 Å². The second kappa shape index (κ2) is 10.2. The molecule has 1 atom stereocenters. The van der Waals surface area contributed by atoms with E-state index in [-0.39, 0.29) is 23.8 Å². The molecule has 34 heavy (non-hydrogen) atoms. The number of aromatic nitrogens is 3. The van der Waals surface area contributed by atoms with E-state index in [4.69, 9.17) is 0 Å². The van der Waals surface area contributed by atoms with Crippen molar-refractivity contribution in [3.8, 4) is 11.3 Å². The fourth-order valence-corrected chi connectivity index (χ4v) is 4.86. The molecule has 0 saturated carbocycles. The van der Waals surface area contributed by atoms with Crippen molar-refractivity contribution in [2.24, 2.45) is 5.92 Å². The highest BCUT2D eigenvalue weighted by Crippen LogP contribution is 2.22. The highest BCUT2D eigenvalue weighted by Gasteiger charge is 2.31. The van der Waals surface area contributed by atoms with Gasteiger partial charge in [-0.3, -0.25) is 24.6 Å². The van der Waals surface area contributed by atoms with Crippen molar-refractivity contribution in [1.82, 2.24) is 30.3 Å². The van der Waals surface area contributed by atoms with Gasteiger partial charge in [0.05, 0.1) is 5.69 Å². The van der Waals surface area contributed by atoms with Gasteiger partial charge >= 0.3 is 0 Å². The largest absolute Gasteiger partial charge is 0.352 e. The molecule has 2 saturated heterocycles. The molecule has 2 fully saturated rings. The number of rotatable bonds is 6. The number of carbonyl (C=O) groups excluding carboxylic acids is 2. The summed E-state index contributed by atoms with van der Waals surface area (Å²) in [7, 11) is 0. The van der Waals surface area contributed by atoms with E-state index in [0.29, 0.717) is 31.6 Å². The molecule has 0 unspecified atom stereocenters. The summed E-state index contributed by atoms with van der Waals surface area (Å²) in [6.45, 7) is 3.94. The van der Waals surface area contributed by atoms with Crippen LogP contribution in [0.25, 0.3) is 11.3 Å². The van der Waals surface area contributed by atoms with Crippen LogP contribution in [0.3, 0.4) is 0 Å². The number of nitrogens with one attached hydrogen (secondary N) is 2. The molecular weight excluding hydrogens is 428 g/mol. The maximum absolute atomic E-state index is 12.9. The Balaban J connectivity index is 1.08. The topological polar surface area (TPSA) is 94.2 Å². The molecule has 2 aliphatic rings. The zero-order valence-electron chi connectivity index (χ0n) is 19.2. The number of amides is 2. The Hall–Kier alpha value is -3.52. The lowest BCUT2D eigenvalue weighted by Gasteiger charge is -2.31. The van der Waals surface area contributed by atoms with Crippen LogP contribution in [0.5, 0.6) is 0 Å². The molecule has 3 aromatic rings. The summed E-state index contributed by atoms with van der Waals surface area (Å²) in [6, 6.07) is 16.2. The number of pyridine rings is 1. The number of hydrogen-bond acceptors (Lipinski definition) is 5. The summed E-state index contributed by atoms with van der Waals surface area (Å²) in [5.74, 6) is -0.0211. The average molecular weight is 459 g/mol. The zero-order chi connectivity index (χ0) is 23.3. The number of piperidine rings is 1. The first-order valence-electron chi connectivity index (χ1n) is 12.0. The Morgan fingerprint density at radius 2 is 1.85 bits per heavy atom. The fraction of sp³-hybridized carbons (Fsp3) is 0.385. The van der Waals surface area contributed by atoms with Gasteiger partial charge in [0.1, 0.15) is 0 Å². The van der Waals surface area contributed by atoms with Crippen LogP contribution >= 0.6 is 0 Å². The molecule has 1 aromatic carbocycles. The van der Waals surface area contributed by atoms with Crippen molar-refractivity contribution >= 4 is 11.8 Å². The molecule has 0 bridgehead atoms. The van der Waals surface area contributed by atoms with Crippen molar-refractivity contribution in [3.63, 3.8) is 0 Å². The van der Waals surface area contributed by atoms with E-state index in [1.165, 1.54) is 5.56 Å². The lowest BCUT2D eigenvalue weighted by molar-refractivity contribution is -0.126. The van der Waals surface area contributed by atoms with Gasteiger partial charge in [-0.1, -0.05) is 30.3 Å². The van der Waals surface area contributed by atoms with Crippen molar-refractivity contribution in [3.05, 3.63) is 72.2 Å². The summed E-state index contributed by atoms with van der Waals surface area (Å²) in [4.78, 5) is 34.1. The van der Waals surface area contributed by atoms with Gasteiger partial charge in [0, 0.05) is 62.6 Å². The minimum atomic E-state index is -0.0994. The molecule has 8 heteroatoms. The van der Waals surface area contributed by atoms with E-state index < -0.39 is 0 Å². The van der Waals surface area contributed by atoms with Crippen molar-refractivity contribution in [2.45, 2.75) is 31.8 Å². The number of aromatic amines is 1. The Morgan fingerprint density at radius 3 is 2.62 bits per heavy atom. The Bertz CT molecular complexity index is 1110. The van der Waals surface area contributed by atoms with Crippen molar-refractivity contribution in [1.29, 1.82) is 0 Å². The molecule has 176 valence electrons. The Labute approximate surface area is 199 Å². The van der Waals surface area contributed by atoms with Crippen LogP contribution in [0.1, 0.15) is 35.3 Å². The quantitative estimate of drug-likeness (QED) is 0.592. The second-order valence-electron chi connectivity index (χ2n) is 9.19. The van der Waals surface area contributed by atoms with Crippen molar-refractivity contribution in [2.75, 3.05) is 26.2 Å².